The highest BCUT2D eigenvalue weighted by Gasteiger charge is 2.17. The Bertz CT molecular complexity index is 1420. The van der Waals surface area contributed by atoms with Crippen LogP contribution in [-0.2, 0) is 11.2 Å². The van der Waals surface area contributed by atoms with Gasteiger partial charge in [-0.05, 0) is 59.2 Å². The summed E-state index contributed by atoms with van der Waals surface area (Å²) in [5, 5.41) is 7.98. The SMILES string of the molecule is O=[C]N(c1cc2ccccc2cc1NCCCCCc1ccccc1)c1cccc2ccccc12. The Hall–Kier alpha value is -4.11. The predicted molar refractivity (Wildman–Crippen MR) is 148 cm³/mol. The van der Waals surface area contributed by atoms with Crippen molar-refractivity contribution in [1.29, 1.82) is 0 Å². The molecule has 0 bridgehead atoms. The summed E-state index contributed by atoms with van der Waals surface area (Å²) in [5.74, 6) is 0. The van der Waals surface area contributed by atoms with Crippen molar-refractivity contribution < 1.29 is 4.79 Å². The van der Waals surface area contributed by atoms with Crippen LogP contribution in [0.4, 0.5) is 17.1 Å². The summed E-state index contributed by atoms with van der Waals surface area (Å²) >= 11 is 0. The van der Waals surface area contributed by atoms with Crippen molar-refractivity contribution >= 4 is 45.0 Å². The molecule has 5 aromatic rings. The highest BCUT2D eigenvalue weighted by molar-refractivity contribution is 6.06. The largest absolute Gasteiger partial charge is 0.383 e. The molecule has 0 spiro atoms. The summed E-state index contributed by atoms with van der Waals surface area (Å²) in [6.45, 7) is 0.850. The number of unbranched alkanes of at least 4 members (excludes halogenated alkanes) is 2. The number of rotatable bonds is 10. The van der Waals surface area contributed by atoms with Crippen molar-refractivity contribution in [3.8, 4) is 0 Å². The zero-order valence-electron chi connectivity index (χ0n) is 19.8. The molecule has 3 nitrogen and oxygen atoms in total. The lowest BCUT2D eigenvalue weighted by Gasteiger charge is -2.23. The van der Waals surface area contributed by atoms with Crippen molar-refractivity contribution in [1.82, 2.24) is 0 Å². The van der Waals surface area contributed by atoms with Gasteiger partial charge in [0, 0.05) is 11.9 Å². The van der Waals surface area contributed by atoms with Crippen LogP contribution < -0.4 is 10.2 Å². The minimum Gasteiger partial charge on any atom is -0.383 e. The van der Waals surface area contributed by atoms with Crippen LogP contribution in [0.2, 0.25) is 0 Å². The van der Waals surface area contributed by atoms with E-state index in [0.717, 1.165) is 64.4 Å². The van der Waals surface area contributed by atoms with Crippen LogP contribution in [0.3, 0.4) is 0 Å². The standard InChI is InChI=1S/C32H29N2O/c35-24-34(31-20-11-18-26-15-8-9-19-29(26)31)32-23-28-17-7-6-16-27(28)22-30(32)33-21-10-2-5-14-25-12-3-1-4-13-25/h1,3-4,6-9,11-13,15-20,22-23,33H,2,5,10,14,21H2. The molecule has 0 saturated carbocycles. The number of hydrogen-bond acceptors (Lipinski definition) is 2. The van der Waals surface area contributed by atoms with Crippen LogP contribution in [0.1, 0.15) is 24.8 Å². The van der Waals surface area contributed by atoms with Gasteiger partial charge in [-0.25, -0.2) is 0 Å². The van der Waals surface area contributed by atoms with Crippen molar-refractivity contribution in [2.24, 2.45) is 0 Å². The van der Waals surface area contributed by atoms with Crippen molar-refractivity contribution in [3.05, 3.63) is 115 Å². The van der Waals surface area contributed by atoms with Crippen molar-refractivity contribution in [2.75, 3.05) is 16.8 Å². The molecule has 5 aromatic carbocycles. The first-order chi connectivity index (χ1) is 17.3. The number of carbonyl (C=O) groups excluding carboxylic acids is 1. The summed E-state index contributed by atoms with van der Waals surface area (Å²) in [6.07, 6.45) is 6.70. The molecular weight excluding hydrogens is 428 g/mol. The number of nitrogens with one attached hydrogen (secondary N) is 1. The zero-order chi connectivity index (χ0) is 23.9. The van der Waals surface area contributed by atoms with Crippen molar-refractivity contribution in [2.45, 2.75) is 25.7 Å². The average molecular weight is 458 g/mol. The molecule has 0 aliphatic carbocycles. The normalized spacial score (nSPS) is 11.0. The molecule has 3 heteroatoms. The Morgan fingerprint density at radius 1 is 0.629 bits per heavy atom. The fourth-order valence-corrected chi connectivity index (χ4v) is 4.68. The molecular formula is C32H29N2O. The first-order valence-electron chi connectivity index (χ1n) is 12.3. The van der Waals surface area contributed by atoms with Gasteiger partial charge in [-0.15, -0.1) is 0 Å². The maximum Gasteiger partial charge on any atom is 0.321 e. The van der Waals surface area contributed by atoms with E-state index in [1.807, 2.05) is 36.4 Å². The molecule has 5 rings (SSSR count). The Kier molecular flexibility index (Phi) is 7.05. The molecule has 0 aliphatic rings. The van der Waals surface area contributed by atoms with Crippen LogP contribution >= 0.6 is 0 Å². The molecule has 0 aliphatic heterocycles. The molecule has 0 atom stereocenters. The van der Waals surface area contributed by atoms with Gasteiger partial charge in [0.15, 0.2) is 0 Å². The molecule has 0 saturated heterocycles. The predicted octanol–water partition coefficient (Wildman–Crippen LogP) is 8.02. The van der Waals surface area contributed by atoms with Gasteiger partial charge in [0.2, 0.25) is 0 Å². The van der Waals surface area contributed by atoms with Crippen LogP contribution in [-0.4, -0.2) is 13.0 Å². The molecule has 0 unspecified atom stereocenters. The van der Waals surface area contributed by atoms with E-state index in [9.17, 15) is 4.79 Å². The number of aryl methyl sites for hydroxylation is 1. The highest BCUT2D eigenvalue weighted by Crippen LogP contribution is 2.38. The second-order valence-corrected chi connectivity index (χ2v) is 8.86. The van der Waals surface area contributed by atoms with E-state index in [0.29, 0.717) is 0 Å². The smallest absolute Gasteiger partial charge is 0.321 e. The molecule has 1 amide bonds. The summed E-state index contributed by atoms with van der Waals surface area (Å²) in [4.78, 5) is 14.0. The quantitative estimate of drug-likeness (QED) is 0.170. The van der Waals surface area contributed by atoms with Crippen molar-refractivity contribution in [3.63, 3.8) is 0 Å². The average Bonchev–Trinajstić information content (AvgIpc) is 2.92. The first-order valence-corrected chi connectivity index (χ1v) is 12.3. The number of hydrogen-bond donors (Lipinski definition) is 1. The fraction of sp³-hybridized carbons (Fsp3) is 0.156. The zero-order valence-corrected chi connectivity index (χ0v) is 19.8. The maximum absolute atomic E-state index is 12.4. The lowest BCUT2D eigenvalue weighted by atomic mass is 10.0. The minimum atomic E-state index is 0.819. The number of anilines is 3. The van der Waals surface area contributed by atoms with Gasteiger partial charge in [0.05, 0.1) is 17.1 Å². The Morgan fingerprint density at radius 3 is 2.11 bits per heavy atom. The number of amides is 1. The van der Waals surface area contributed by atoms with E-state index in [4.69, 9.17) is 0 Å². The lowest BCUT2D eigenvalue weighted by Crippen LogP contribution is -2.17. The van der Waals surface area contributed by atoms with E-state index >= 15 is 0 Å². The van der Waals surface area contributed by atoms with Crippen LogP contribution in [0, 0.1) is 0 Å². The van der Waals surface area contributed by atoms with E-state index in [2.05, 4.69) is 84.5 Å². The van der Waals surface area contributed by atoms with E-state index in [-0.39, 0.29) is 0 Å². The molecule has 0 fully saturated rings. The van der Waals surface area contributed by atoms with E-state index < -0.39 is 0 Å². The Balaban J connectivity index is 1.38. The van der Waals surface area contributed by atoms with Gasteiger partial charge in [0.1, 0.15) is 0 Å². The number of nitrogens with zero attached hydrogens (tertiary/aromatic N) is 1. The number of fused-ring (bicyclic) bond motifs is 2. The van der Waals surface area contributed by atoms with Crippen LogP contribution in [0.15, 0.2) is 109 Å². The third-order valence-electron chi connectivity index (χ3n) is 6.50. The first kappa shape index (κ1) is 22.7. The topological polar surface area (TPSA) is 32.3 Å². The maximum atomic E-state index is 12.4. The third-order valence-corrected chi connectivity index (χ3v) is 6.50. The summed E-state index contributed by atoms with van der Waals surface area (Å²) in [6, 6.07) is 37.3. The molecule has 173 valence electrons. The van der Waals surface area contributed by atoms with Crippen LogP contribution in [0.5, 0.6) is 0 Å². The summed E-state index contributed by atoms with van der Waals surface area (Å²) in [7, 11) is 0. The van der Waals surface area contributed by atoms with Gasteiger partial charge in [-0.3, -0.25) is 9.69 Å². The fourth-order valence-electron chi connectivity index (χ4n) is 4.68. The molecule has 0 heterocycles. The number of benzene rings is 5. The molecule has 1 radical (unpaired) electrons. The summed E-state index contributed by atoms with van der Waals surface area (Å²) in [5.41, 5.74) is 3.99. The van der Waals surface area contributed by atoms with Gasteiger partial charge < -0.3 is 5.32 Å². The minimum absolute atomic E-state index is 0.819. The van der Waals surface area contributed by atoms with Gasteiger partial charge in [-0.2, -0.15) is 0 Å². The Labute approximate surface area is 207 Å². The Morgan fingerprint density at radius 2 is 1.31 bits per heavy atom. The summed E-state index contributed by atoms with van der Waals surface area (Å²) < 4.78 is 0. The van der Waals surface area contributed by atoms with Gasteiger partial charge in [0.25, 0.3) is 0 Å². The van der Waals surface area contributed by atoms with E-state index in [1.165, 1.54) is 12.0 Å². The van der Waals surface area contributed by atoms with E-state index in [1.54, 1.807) is 4.90 Å². The third kappa shape index (κ3) is 5.20. The highest BCUT2D eigenvalue weighted by atomic mass is 16.1. The second kappa shape index (κ2) is 10.9. The molecule has 1 N–H and O–H groups in total. The second-order valence-electron chi connectivity index (χ2n) is 8.86. The lowest BCUT2D eigenvalue weighted by molar-refractivity contribution is 0.556. The van der Waals surface area contributed by atoms with Crippen LogP contribution in [0.25, 0.3) is 21.5 Å². The molecule has 35 heavy (non-hydrogen) atoms. The van der Waals surface area contributed by atoms with Gasteiger partial charge in [-0.1, -0.05) is 97.4 Å². The monoisotopic (exact) mass is 457 g/mol. The van der Waals surface area contributed by atoms with Gasteiger partial charge >= 0.3 is 6.41 Å². The molecule has 0 aromatic heterocycles.